The molecular weight excluding hydrogens is 292 g/mol. The molecule has 4 heteroatoms. The van der Waals surface area contributed by atoms with Crippen molar-refractivity contribution >= 4 is 15.9 Å². The Bertz CT molecular complexity index is 397. The Balaban J connectivity index is 1.99. The van der Waals surface area contributed by atoms with Crippen LogP contribution in [-0.2, 0) is 6.54 Å². The number of hydrogen-bond donors (Lipinski definition) is 1. The third-order valence-electron chi connectivity index (χ3n) is 3.50. The summed E-state index contributed by atoms with van der Waals surface area (Å²) in [4.78, 5) is 2.51. The first-order chi connectivity index (χ1) is 8.72. The molecule has 1 aromatic carbocycles. The van der Waals surface area contributed by atoms with Gasteiger partial charge in [-0.25, -0.2) is 0 Å². The molecular formula is C14H21BrN2O. The van der Waals surface area contributed by atoms with Crippen LogP contribution in [0.25, 0.3) is 0 Å². The SMILES string of the molecule is CNCC1CCN(Cc2cc(Br)ccc2OC)C1. The van der Waals surface area contributed by atoms with Crippen molar-refractivity contribution < 1.29 is 4.74 Å². The van der Waals surface area contributed by atoms with Gasteiger partial charge in [0.1, 0.15) is 5.75 Å². The van der Waals surface area contributed by atoms with Crippen molar-refractivity contribution in [1.82, 2.24) is 10.2 Å². The van der Waals surface area contributed by atoms with Gasteiger partial charge in [0.25, 0.3) is 0 Å². The lowest BCUT2D eigenvalue weighted by molar-refractivity contribution is 0.307. The Labute approximate surface area is 118 Å². The molecule has 1 atom stereocenters. The zero-order valence-corrected chi connectivity index (χ0v) is 12.7. The fourth-order valence-corrected chi connectivity index (χ4v) is 3.03. The molecule has 1 fully saturated rings. The van der Waals surface area contributed by atoms with Crippen LogP contribution in [0.1, 0.15) is 12.0 Å². The Hall–Kier alpha value is -0.580. The van der Waals surface area contributed by atoms with Gasteiger partial charge >= 0.3 is 0 Å². The highest BCUT2D eigenvalue weighted by Crippen LogP contribution is 2.26. The van der Waals surface area contributed by atoms with Gasteiger partial charge in [0, 0.05) is 23.1 Å². The van der Waals surface area contributed by atoms with Crippen LogP contribution in [-0.4, -0.2) is 38.7 Å². The fourth-order valence-electron chi connectivity index (χ4n) is 2.62. The van der Waals surface area contributed by atoms with Gasteiger partial charge < -0.3 is 10.1 Å². The van der Waals surface area contributed by atoms with Crippen molar-refractivity contribution in [2.75, 3.05) is 33.8 Å². The second-order valence-electron chi connectivity index (χ2n) is 4.90. The lowest BCUT2D eigenvalue weighted by Crippen LogP contribution is -2.24. The normalized spacial score (nSPS) is 20.3. The highest BCUT2D eigenvalue weighted by Gasteiger charge is 2.22. The molecule has 1 N–H and O–H groups in total. The van der Waals surface area contributed by atoms with Crippen LogP contribution in [0.15, 0.2) is 22.7 Å². The highest BCUT2D eigenvalue weighted by molar-refractivity contribution is 9.10. The summed E-state index contributed by atoms with van der Waals surface area (Å²) in [5, 5.41) is 3.27. The summed E-state index contributed by atoms with van der Waals surface area (Å²) in [6.45, 7) is 4.45. The molecule has 1 heterocycles. The third-order valence-corrected chi connectivity index (χ3v) is 3.99. The van der Waals surface area contributed by atoms with Crippen LogP contribution in [0, 0.1) is 5.92 Å². The van der Waals surface area contributed by atoms with E-state index in [2.05, 4.69) is 32.2 Å². The number of hydrogen-bond acceptors (Lipinski definition) is 3. The Kier molecular flexibility index (Phi) is 5.03. The molecule has 2 rings (SSSR count). The van der Waals surface area contributed by atoms with Crippen molar-refractivity contribution in [2.24, 2.45) is 5.92 Å². The summed E-state index contributed by atoms with van der Waals surface area (Å²) in [6, 6.07) is 6.21. The topological polar surface area (TPSA) is 24.5 Å². The molecule has 0 saturated carbocycles. The average Bonchev–Trinajstić information content (AvgIpc) is 2.77. The zero-order chi connectivity index (χ0) is 13.0. The van der Waals surface area contributed by atoms with Gasteiger partial charge in [0.05, 0.1) is 7.11 Å². The van der Waals surface area contributed by atoms with Gasteiger partial charge in [0.2, 0.25) is 0 Å². The third kappa shape index (κ3) is 3.46. The van der Waals surface area contributed by atoms with E-state index in [1.54, 1.807) is 7.11 Å². The predicted molar refractivity (Wildman–Crippen MR) is 78.0 cm³/mol. The molecule has 0 spiro atoms. The molecule has 0 aliphatic carbocycles. The maximum Gasteiger partial charge on any atom is 0.123 e. The fraction of sp³-hybridized carbons (Fsp3) is 0.571. The number of halogens is 1. The average molecular weight is 313 g/mol. The minimum absolute atomic E-state index is 0.785. The number of rotatable bonds is 5. The van der Waals surface area contributed by atoms with E-state index in [9.17, 15) is 0 Å². The van der Waals surface area contributed by atoms with Crippen molar-refractivity contribution in [2.45, 2.75) is 13.0 Å². The molecule has 0 amide bonds. The summed E-state index contributed by atoms with van der Waals surface area (Å²) in [7, 11) is 3.76. The minimum atomic E-state index is 0.785. The van der Waals surface area contributed by atoms with E-state index in [0.717, 1.165) is 29.2 Å². The molecule has 1 aromatic rings. The number of likely N-dealkylation sites (tertiary alicyclic amines) is 1. The second kappa shape index (κ2) is 6.55. The van der Waals surface area contributed by atoms with Crippen molar-refractivity contribution in [3.8, 4) is 5.75 Å². The number of nitrogens with one attached hydrogen (secondary N) is 1. The molecule has 18 heavy (non-hydrogen) atoms. The Morgan fingerprint density at radius 2 is 2.33 bits per heavy atom. The first-order valence-electron chi connectivity index (χ1n) is 6.42. The van der Waals surface area contributed by atoms with Crippen molar-refractivity contribution in [3.05, 3.63) is 28.2 Å². The van der Waals surface area contributed by atoms with Crippen molar-refractivity contribution in [1.29, 1.82) is 0 Å². The van der Waals surface area contributed by atoms with E-state index < -0.39 is 0 Å². The summed E-state index contributed by atoms with van der Waals surface area (Å²) in [5.74, 6) is 1.77. The minimum Gasteiger partial charge on any atom is -0.496 e. The Morgan fingerprint density at radius 3 is 3.06 bits per heavy atom. The van der Waals surface area contributed by atoms with E-state index in [4.69, 9.17) is 4.74 Å². The molecule has 100 valence electrons. The van der Waals surface area contributed by atoms with E-state index >= 15 is 0 Å². The summed E-state index contributed by atoms with van der Waals surface area (Å²) in [6.07, 6.45) is 1.29. The number of benzene rings is 1. The maximum absolute atomic E-state index is 5.43. The van der Waals surface area contributed by atoms with E-state index in [1.807, 2.05) is 19.2 Å². The monoisotopic (exact) mass is 312 g/mol. The Morgan fingerprint density at radius 1 is 1.50 bits per heavy atom. The lowest BCUT2D eigenvalue weighted by atomic mass is 10.1. The zero-order valence-electron chi connectivity index (χ0n) is 11.1. The molecule has 0 bridgehead atoms. The summed E-state index contributed by atoms with van der Waals surface area (Å²) in [5.41, 5.74) is 1.26. The van der Waals surface area contributed by atoms with Gasteiger partial charge in [-0.2, -0.15) is 0 Å². The molecule has 0 radical (unpaired) electrons. The number of nitrogens with zero attached hydrogens (tertiary/aromatic N) is 1. The highest BCUT2D eigenvalue weighted by atomic mass is 79.9. The molecule has 3 nitrogen and oxygen atoms in total. The van der Waals surface area contributed by atoms with Crippen LogP contribution in [0.5, 0.6) is 5.75 Å². The van der Waals surface area contributed by atoms with Gasteiger partial charge in [-0.3, -0.25) is 4.90 Å². The number of ether oxygens (including phenoxy) is 1. The van der Waals surface area contributed by atoms with Crippen LogP contribution < -0.4 is 10.1 Å². The smallest absolute Gasteiger partial charge is 0.123 e. The molecule has 0 aromatic heterocycles. The van der Waals surface area contributed by atoms with E-state index in [0.29, 0.717) is 0 Å². The van der Waals surface area contributed by atoms with Gasteiger partial charge in [-0.05, 0) is 50.7 Å². The molecule has 1 unspecified atom stereocenters. The first kappa shape index (κ1) is 13.8. The summed E-state index contributed by atoms with van der Waals surface area (Å²) < 4.78 is 6.54. The van der Waals surface area contributed by atoms with E-state index in [-0.39, 0.29) is 0 Å². The number of methoxy groups -OCH3 is 1. The van der Waals surface area contributed by atoms with Crippen LogP contribution in [0.2, 0.25) is 0 Å². The van der Waals surface area contributed by atoms with Gasteiger partial charge in [-0.15, -0.1) is 0 Å². The molecule has 1 aliphatic rings. The van der Waals surface area contributed by atoms with Crippen molar-refractivity contribution in [3.63, 3.8) is 0 Å². The maximum atomic E-state index is 5.43. The van der Waals surface area contributed by atoms with Gasteiger partial charge in [-0.1, -0.05) is 15.9 Å². The predicted octanol–water partition coefficient (Wildman–Crippen LogP) is 2.50. The standard InChI is InChI=1S/C14H21BrN2O/c1-16-8-11-5-6-17(9-11)10-12-7-13(15)3-4-14(12)18-2/h3-4,7,11,16H,5-6,8-10H2,1-2H3. The van der Waals surface area contributed by atoms with Gasteiger partial charge in [0.15, 0.2) is 0 Å². The quantitative estimate of drug-likeness (QED) is 0.904. The molecule has 1 aliphatic heterocycles. The lowest BCUT2D eigenvalue weighted by Gasteiger charge is -2.18. The van der Waals surface area contributed by atoms with Crippen LogP contribution in [0.4, 0.5) is 0 Å². The van der Waals surface area contributed by atoms with Crippen LogP contribution >= 0.6 is 15.9 Å². The summed E-state index contributed by atoms with van der Waals surface area (Å²) >= 11 is 3.53. The molecule has 1 saturated heterocycles. The largest absolute Gasteiger partial charge is 0.496 e. The van der Waals surface area contributed by atoms with Crippen LogP contribution in [0.3, 0.4) is 0 Å². The second-order valence-corrected chi connectivity index (χ2v) is 5.82. The van der Waals surface area contributed by atoms with E-state index in [1.165, 1.54) is 25.1 Å². The first-order valence-corrected chi connectivity index (χ1v) is 7.21.